The van der Waals surface area contributed by atoms with Crippen LogP contribution in [0.1, 0.15) is 58.3 Å². The minimum Gasteiger partial charge on any atom is -0.520 e. The van der Waals surface area contributed by atoms with Crippen molar-refractivity contribution in [3.63, 3.8) is 0 Å². The van der Waals surface area contributed by atoms with E-state index in [4.69, 9.17) is 8.85 Å². The number of hydrogen-bond acceptors (Lipinski definition) is 2. The molecule has 0 N–H and O–H groups in total. The summed E-state index contributed by atoms with van der Waals surface area (Å²) in [4.78, 5) is 0. The van der Waals surface area contributed by atoms with Crippen LogP contribution in [-0.4, -0.2) is 15.2 Å². The molecule has 0 amide bonds. The molecule has 0 unspecified atom stereocenters. The van der Waals surface area contributed by atoms with Gasteiger partial charge < -0.3 is 8.85 Å². The van der Waals surface area contributed by atoms with E-state index in [0.717, 1.165) is 18.9 Å². The van der Waals surface area contributed by atoms with Crippen LogP contribution in [0.2, 0.25) is 13.1 Å². The van der Waals surface area contributed by atoms with E-state index in [-0.39, 0.29) is 5.75 Å². The van der Waals surface area contributed by atoms with E-state index in [1.807, 2.05) is 13.1 Å². The van der Waals surface area contributed by atoms with E-state index in [0.29, 0.717) is 6.61 Å². The first-order chi connectivity index (χ1) is 10.9. The zero-order valence-electron chi connectivity index (χ0n) is 14.7. The average molecular weight is 345 g/mol. The van der Waals surface area contributed by atoms with Crippen molar-refractivity contribution in [3.05, 3.63) is 29.8 Å². The Morgan fingerprint density at radius 3 is 1.91 bits per heavy atom. The van der Waals surface area contributed by atoms with Crippen molar-refractivity contribution in [2.45, 2.75) is 71.4 Å². The summed E-state index contributed by atoms with van der Waals surface area (Å²) in [5.74, 6) is -1.06. The van der Waals surface area contributed by atoms with Gasteiger partial charge in [0, 0.05) is 24.8 Å². The van der Waals surface area contributed by atoms with Gasteiger partial charge in [0.1, 0.15) is 17.4 Å². The standard InChI is InChI=1S/C18H30F2O2Si/c1-4-5-6-7-8-9-10-11-12-21-23(2,3)22-18-14-16(19)13-17(20)15-18/h13-15H,4-12H2,1-3H3. The predicted molar refractivity (Wildman–Crippen MR) is 93.0 cm³/mol. The molecule has 0 saturated carbocycles. The van der Waals surface area contributed by atoms with Crippen LogP contribution >= 0.6 is 0 Å². The van der Waals surface area contributed by atoms with Gasteiger partial charge in [-0.15, -0.1) is 0 Å². The van der Waals surface area contributed by atoms with Crippen LogP contribution in [0, 0.1) is 11.6 Å². The highest BCUT2D eigenvalue weighted by molar-refractivity contribution is 6.65. The molecule has 0 radical (unpaired) electrons. The van der Waals surface area contributed by atoms with Gasteiger partial charge >= 0.3 is 8.56 Å². The van der Waals surface area contributed by atoms with Crippen molar-refractivity contribution < 1.29 is 17.6 Å². The van der Waals surface area contributed by atoms with Gasteiger partial charge in [0.2, 0.25) is 0 Å². The first kappa shape index (κ1) is 20.1. The van der Waals surface area contributed by atoms with Gasteiger partial charge in [0.25, 0.3) is 0 Å². The molecule has 132 valence electrons. The van der Waals surface area contributed by atoms with Crippen molar-refractivity contribution >= 4 is 8.56 Å². The topological polar surface area (TPSA) is 18.5 Å². The molecular weight excluding hydrogens is 314 g/mol. The Bertz CT molecular complexity index is 432. The molecule has 0 aliphatic carbocycles. The molecule has 5 heteroatoms. The number of unbranched alkanes of at least 4 members (excludes halogenated alkanes) is 7. The number of halogens is 2. The molecule has 0 heterocycles. The van der Waals surface area contributed by atoms with E-state index in [1.54, 1.807) is 0 Å². The van der Waals surface area contributed by atoms with E-state index in [9.17, 15) is 8.78 Å². The Labute approximate surface area is 140 Å². The third kappa shape index (κ3) is 9.71. The number of rotatable bonds is 12. The summed E-state index contributed by atoms with van der Waals surface area (Å²) in [6.45, 7) is 6.65. The maximum Gasteiger partial charge on any atom is 0.392 e. The molecule has 2 nitrogen and oxygen atoms in total. The van der Waals surface area contributed by atoms with Crippen LogP contribution in [0.25, 0.3) is 0 Å². The van der Waals surface area contributed by atoms with Crippen molar-refractivity contribution in [3.8, 4) is 5.75 Å². The van der Waals surface area contributed by atoms with Crippen molar-refractivity contribution in [1.29, 1.82) is 0 Å². The highest BCUT2D eigenvalue weighted by atomic mass is 28.4. The Kier molecular flexibility index (Phi) is 9.40. The van der Waals surface area contributed by atoms with Crippen molar-refractivity contribution in [1.82, 2.24) is 0 Å². The second kappa shape index (κ2) is 10.8. The van der Waals surface area contributed by atoms with Crippen LogP contribution in [-0.2, 0) is 4.43 Å². The Balaban J connectivity index is 2.17. The van der Waals surface area contributed by atoms with Crippen molar-refractivity contribution in [2.75, 3.05) is 6.61 Å². The molecule has 23 heavy (non-hydrogen) atoms. The second-order valence-electron chi connectivity index (χ2n) is 6.43. The molecule has 0 aliphatic rings. The Morgan fingerprint density at radius 2 is 1.35 bits per heavy atom. The number of benzene rings is 1. The predicted octanol–water partition coefficient (Wildman–Crippen LogP) is 6.20. The lowest BCUT2D eigenvalue weighted by Crippen LogP contribution is -2.38. The fourth-order valence-electron chi connectivity index (χ4n) is 2.45. The molecular formula is C18H30F2O2Si. The zero-order valence-corrected chi connectivity index (χ0v) is 15.7. The minimum absolute atomic E-state index is 0.204. The van der Waals surface area contributed by atoms with Crippen LogP contribution in [0.5, 0.6) is 5.75 Å². The summed E-state index contributed by atoms with van der Waals surface area (Å²) in [5.41, 5.74) is 0. The van der Waals surface area contributed by atoms with Gasteiger partial charge in [-0.1, -0.05) is 51.9 Å². The fourth-order valence-corrected chi connectivity index (χ4v) is 3.83. The first-order valence-corrected chi connectivity index (χ1v) is 11.5. The average Bonchev–Trinajstić information content (AvgIpc) is 2.43. The highest BCUT2D eigenvalue weighted by Crippen LogP contribution is 2.20. The van der Waals surface area contributed by atoms with Gasteiger partial charge in [-0.05, 0) is 19.5 Å². The van der Waals surface area contributed by atoms with Crippen LogP contribution < -0.4 is 4.43 Å². The van der Waals surface area contributed by atoms with Crippen LogP contribution in [0.4, 0.5) is 8.78 Å². The smallest absolute Gasteiger partial charge is 0.392 e. The summed E-state index contributed by atoms with van der Waals surface area (Å²) in [7, 11) is -2.41. The molecule has 1 aromatic rings. The molecule has 0 spiro atoms. The summed E-state index contributed by atoms with van der Waals surface area (Å²) in [6, 6.07) is 3.22. The van der Waals surface area contributed by atoms with Crippen LogP contribution in [0.3, 0.4) is 0 Å². The maximum absolute atomic E-state index is 13.2. The Hall–Kier alpha value is -0.943. The van der Waals surface area contributed by atoms with E-state index in [1.165, 1.54) is 50.7 Å². The van der Waals surface area contributed by atoms with Gasteiger partial charge in [0.05, 0.1) is 0 Å². The van der Waals surface area contributed by atoms with E-state index in [2.05, 4.69) is 6.92 Å². The maximum atomic E-state index is 13.2. The molecule has 1 aromatic carbocycles. The first-order valence-electron chi connectivity index (χ1n) is 8.72. The zero-order chi connectivity index (χ0) is 17.1. The SMILES string of the molecule is CCCCCCCCCCO[Si](C)(C)Oc1cc(F)cc(F)c1. The molecule has 0 saturated heterocycles. The summed E-state index contributed by atoms with van der Waals surface area (Å²) in [6.07, 6.45) is 9.97. The number of hydrogen-bond donors (Lipinski definition) is 0. The normalized spacial score (nSPS) is 11.7. The molecule has 0 bridgehead atoms. The lowest BCUT2D eigenvalue weighted by Gasteiger charge is -2.24. The molecule has 1 rings (SSSR count). The van der Waals surface area contributed by atoms with Crippen LogP contribution in [0.15, 0.2) is 18.2 Å². The molecule has 0 atom stereocenters. The van der Waals surface area contributed by atoms with E-state index >= 15 is 0 Å². The molecule has 0 aliphatic heterocycles. The lowest BCUT2D eigenvalue weighted by molar-refractivity contribution is 0.240. The summed E-state index contributed by atoms with van der Waals surface area (Å²) >= 11 is 0. The quantitative estimate of drug-likeness (QED) is 0.332. The third-order valence-corrected chi connectivity index (χ3v) is 5.27. The second-order valence-corrected chi connectivity index (χ2v) is 9.72. The summed E-state index contributed by atoms with van der Waals surface area (Å²) in [5, 5.41) is 0. The van der Waals surface area contributed by atoms with Gasteiger partial charge in [-0.2, -0.15) is 0 Å². The van der Waals surface area contributed by atoms with Gasteiger partial charge in [0.15, 0.2) is 0 Å². The third-order valence-electron chi connectivity index (χ3n) is 3.65. The Morgan fingerprint density at radius 1 is 0.826 bits per heavy atom. The minimum atomic E-state index is -2.41. The monoisotopic (exact) mass is 344 g/mol. The molecule has 0 aromatic heterocycles. The van der Waals surface area contributed by atoms with Gasteiger partial charge in [-0.3, -0.25) is 0 Å². The van der Waals surface area contributed by atoms with Crippen molar-refractivity contribution in [2.24, 2.45) is 0 Å². The van der Waals surface area contributed by atoms with E-state index < -0.39 is 20.2 Å². The molecule has 0 fully saturated rings. The highest BCUT2D eigenvalue weighted by Gasteiger charge is 2.27. The fraction of sp³-hybridized carbons (Fsp3) is 0.667. The summed E-state index contributed by atoms with van der Waals surface area (Å²) < 4.78 is 37.8. The lowest BCUT2D eigenvalue weighted by atomic mass is 10.1. The largest absolute Gasteiger partial charge is 0.520 e. The van der Waals surface area contributed by atoms with Gasteiger partial charge in [-0.25, -0.2) is 8.78 Å².